The molecule has 2 heterocycles. The Morgan fingerprint density at radius 2 is 2.04 bits per heavy atom. The number of methoxy groups -OCH3 is 2. The zero-order valence-corrected chi connectivity index (χ0v) is 16.1. The van der Waals surface area contributed by atoms with Crippen LogP contribution >= 0.6 is 23.1 Å². The van der Waals surface area contributed by atoms with E-state index in [9.17, 15) is 14.4 Å². The Morgan fingerprint density at radius 3 is 2.70 bits per heavy atom. The molecule has 10 heteroatoms. The molecule has 1 aliphatic rings. The third-order valence-corrected chi connectivity index (χ3v) is 5.16. The lowest BCUT2D eigenvalue weighted by Gasteiger charge is -2.11. The molecule has 0 unspecified atom stereocenters. The molecule has 0 atom stereocenters. The topological polar surface area (TPSA) is 97.8 Å². The molecule has 0 saturated carbocycles. The number of aromatic nitrogens is 1. The maximum atomic E-state index is 12.5. The first-order valence-electron chi connectivity index (χ1n) is 7.68. The van der Waals surface area contributed by atoms with Crippen molar-refractivity contribution in [1.29, 1.82) is 0 Å². The van der Waals surface area contributed by atoms with Crippen molar-refractivity contribution in [2.24, 2.45) is 0 Å². The van der Waals surface area contributed by atoms with Crippen molar-refractivity contribution in [3.8, 4) is 11.5 Å². The number of carbonyl (C=O) groups is 3. The number of ether oxygens (including phenoxy) is 2. The van der Waals surface area contributed by atoms with Gasteiger partial charge in [-0.05, 0) is 35.5 Å². The molecule has 3 amide bonds. The fourth-order valence-electron chi connectivity index (χ4n) is 2.32. The lowest BCUT2D eigenvalue weighted by molar-refractivity contribution is -0.127. The van der Waals surface area contributed by atoms with Crippen molar-refractivity contribution >= 4 is 51.4 Å². The van der Waals surface area contributed by atoms with E-state index in [1.165, 1.54) is 25.6 Å². The van der Waals surface area contributed by atoms with E-state index < -0.39 is 17.1 Å². The lowest BCUT2D eigenvalue weighted by atomic mass is 10.2. The number of thiazole rings is 1. The van der Waals surface area contributed by atoms with Crippen LogP contribution in [0.3, 0.4) is 0 Å². The van der Waals surface area contributed by atoms with Gasteiger partial charge >= 0.3 is 0 Å². The number of rotatable bonds is 6. The normalized spacial score (nSPS) is 15.3. The fraction of sp³-hybridized carbons (Fsp3) is 0.176. The Labute approximate surface area is 163 Å². The third kappa shape index (κ3) is 4.29. The second-order valence-electron chi connectivity index (χ2n) is 5.27. The molecule has 1 aromatic carbocycles. The molecule has 140 valence electrons. The molecule has 1 N–H and O–H groups in total. The van der Waals surface area contributed by atoms with Crippen molar-refractivity contribution in [2.75, 3.05) is 26.1 Å². The number of hydrogen-bond donors (Lipinski definition) is 1. The summed E-state index contributed by atoms with van der Waals surface area (Å²) in [4.78, 5) is 41.7. The molecular weight excluding hydrogens is 390 g/mol. The summed E-state index contributed by atoms with van der Waals surface area (Å²) in [6.45, 7) is -0.368. The van der Waals surface area contributed by atoms with Crippen LogP contribution in [0, 0.1) is 0 Å². The van der Waals surface area contributed by atoms with Crippen LogP contribution in [0.15, 0.2) is 34.7 Å². The van der Waals surface area contributed by atoms with Gasteiger partial charge in [-0.25, -0.2) is 4.98 Å². The zero-order valence-electron chi connectivity index (χ0n) is 14.4. The Bertz CT molecular complexity index is 911. The van der Waals surface area contributed by atoms with Crippen molar-refractivity contribution in [3.05, 3.63) is 40.2 Å². The summed E-state index contributed by atoms with van der Waals surface area (Å²) in [5.74, 6) is 0.0589. The molecule has 3 rings (SSSR count). The summed E-state index contributed by atoms with van der Waals surface area (Å²) in [7, 11) is 3.04. The summed E-state index contributed by atoms with van der Waals surface area (Å²) in [6.07, 6.45) is 3.12. The highest BCUT2D eigenvalue weighted by Crippen LogP contribution is 2.34. The molecule has 0 aliphatic carbocycles. The summed E-state index contributed by atoms with van der Waals surface area (Å²) in [5, 5.41) is 4.17. The predicted molar refractivity (Wildman–Crippen MR) is 103 cm³/mol. The number of anilines is 1. The first-order valence-corrected chi connectivity index (χ1v) is 9.38. The Hall–Kier alpha value is -2.85. The maximum absolute atomic E-state index is 12.5. The minimum atomic E-state index is -0.519. The Kier molecular flexibility index (Phi) is 5.77. The van der Waals surface area contributed by atoms with E-state index in [0.29, 0.717) is 22.2 Å². The summed E-state index contributed by atoms with van der Waals surface area (Å²) < 4.78 is 10.4. The molecule has 1 aliphatic heterocycles. The van der Waals surface area contributed by atoms with Gasteiger partial charge in [0.2, 0.25) is 5.91 Å². The molecule has 0 bridgehead atoms. The number of imide groups is 1. The molecule has 8 nitrogen and oxygen atoms in total. The van der Waals surface area contributed by atoms with Crippen LogP contribution < -0.4 is 14.8 Å². The molecular formula is C17H15N3O5S2. The largest absolute Gasteiger partial charge is 0.493 e. The summed E-state index contributed by atoms with van der Waals surface area (Å²) in [6, 6.07) is 5.14. The minimum absolute atomic E-state index is 0.231. The van der Waals surface area contributed by atoms with Crippen LogP contribution in [0.1, 0.15) is 5.56 Å². The van der Waals surface area contributed by atoms with Crippen molar-refractivity contribution in [2.45, 2.75) is 0 Å². The van der Waals surface area contributed by atoms with Gasteiger partial charge in [0.05, 0.1) is 19.1 Å². The van der Waals surface area contributed by atoms with E-state index in [-0.39, 0.29) is 11.4 Å². The highest BCUT2D eigenvalue weighted by molar-refractivity contribution is 8.18. The van der Waals surface area contributed by atoms with Crippen LogP contribution in [0.2, 0.25) is 0 Å². The first-order chi connectivity index (χ1) is 13.0. The summed E-state index contributed by atoms with van der Waals surface area (Å²) >= 11 is 2.03. The molecule has 0 spiro atoms. The van der Waals surface area contributed by atoms with E-state index >= 15 is 0 Å². The molecule has 1 fully saturated rings. The van der Waals surface area contributed by atoms with Crippen molar-refractivity contribution in [1.82, 2.24) is 9.88 Å². The van der Waals surface area contributed by atoms with Gasteiger partial charge in [0.15, 0.2) is 16.6 Å². The Balaban J connectivity index is 1.73. The van der Waals surface area contributed by atoms with Gasteiger partial charge in [-0.3, -0.25) is 19.3 Å². The van der Waals surface area contributed by atoms with Gasteiger partial charge in [0, 0.05) is 11.6 Å². The molecule has 27 heavy (non-hydrogen) atoms. The van der Waals surface area contributed by atoms with Crippen LogP contribution in [0.25, 0.3) is 6.08 Å². The average molecular weight is 405 g/mol. The molecule has 0 radical (unpaired) electrons. The van der Waals surface area contributed by atoms with Crippen LogP contribution in [-0.2, 0) is 9.59 Å². The quantitative estimate of drug-likeness (QED) is 0.738. The fourth-order valence-corrected chi connectivity index (χ4v) is 3.70. The maximum Gasteiger partial charge on any atom is 0.294 e. The SMILES string of the molecule is COc1ccc(/C=C2/SC(=O)N(CC(=O)Nc3nccs3)C2=O)cc1OC. The number of thioether (sulfide) groups is 1. The second-order valence-corrected chi connectivity index (χ2v) is 7.16. The number of nitrogens with zero attached hydrogens (tertiary/aromatic N) is 2. The molecule has 2 aromatic rings. The minimum Gasteiger partial charge on any atom is -0.493 e. The van der Waals surface area contributed by atoms with E-state index in [0.717, 1.165) is 16.7 Å². The zero-order chi connectivity index (χ0) is 19.4. The van der Waals surface area contributed by atoms with Gasteiger partial charge in [-0.15, -0.1) is 11.3 Å². The molecule has 1 saturated heterocycles. The highest BCUT2D eigenvalue weighted by atomic mass is 32.2. The number of nitrogens with one attached hydrogen (secondary N) is 1. The number of hydrogen-bond acceptors (Lipinski definition) is 8. The smallest absolute Gasteiger partial charge is 0.294 e. The standard InChI is InChI=1S/C17H15N3O5S2/c1-24-11-4-3-10(7-12(11)25-2)8-13-15(22)20(17(23)27-13)9-14(21)19-16-18-5-6-26-16/h3-8H,9H2,1-2H3,(H,18,19,21)/b13-8+. The van der Waals surface area contributed by atoms with Crippen LogP contribution in [-0.4, -0.2) is 47.7 Å². The van der Waals surface area contributed by atoms with Crippen molar-refractivity contribution in [3.63, 3.8) is 0 Å². The summed E-state index contributed by atoms with van der Waals surface area (Å²) in [5.41, 5.74) is 0.672. The average Bonchev–Trinajstić information content (AvgIpc) is 3.25. The highest BCUT2D eigenvalue weighted by Gasteiger charge is 2.36. The van der Waals surface area contributed by atoms with Gasteiger partial charge < -0.3 is 14.8 Å². The number of benzene rings is 1. The van der Waals surface area contributed by atoms with Gasteiger partial charge in [0.1, 0.15) is 6.54 Å². The Morgan fingerprint density at radius 1 is 1.26 bits per heavy atom. The third-order valence-electron chi connectivity index (χ3n) is 3.56. The molecule has 1 aromatic heterocycles. The van der Waals surface area contributed by atoms with Gasteiger partial charge in [-0.1, -0.05) is 6.07 Å². The van der Waals surface area contributed by atoms with Crippen molar-refractivity contribution < 1.29 is 23.9 Å². The first kappa shape index (κ1) is 18.9. The predicted octanol–water partition coefficient (Wildman–Crippen LogP) is 2.84. The second kappa shape index (κ2) is 8.23. The monoisotopic (exact) mass is 405 g/mol. The van der Waals surface area contributed by atoms with E-state index in [1.54, 1.807) is 35.9 Å². The van der Waals surface area contributed by atoms with Crippen LogP contribution in [0.5, 0.6) is 11.5 Å². The van der Waals surface area contributed by atoms with Gasteiger partial charge in [-0.2, -0.15) is 0 Å². The number of carbonyl (C=O) groups excluding carboxylic acids is 3. The van der Waals surface area contributed by atoms with E-state index in [1.807, 2.05) is 0 Å². The lowest BCUT2D eigenvalue weighted by Crippen LogP contribution is -2.36. The van der Waals surface area contributed by atoms with E-state index in [2.05, 4.69) is 10.3 Å². The van der Waals surface area contributed by atoms with E-state index in [4.69, 9.17) is 9.47 Å². The van der Waals surface area contributed by atoms with Crippen LogP contribution in [0.4, 0.5) is 9.93 Å². The number of amides is 3. The van der Waals surface area contributed by atoms with Gasteiger partial charge in [0.25, 0.3) is 11.1 Å².